The van der Waals surface area contributed by atoms with E-state index < -0.39 is 27.5 Å². The largest absolute Gasteiger partial charge is 0.376 e. The van der Waals surface area contributed by atoms with Gasteiger partial charge in [0.25, 0.3) is 0 Å². The molecule has 0 saturated heterocycles. The van der Waals surface area contributed by atoms with Crippen molar-refractivity contribution < 1.29 is 26.2 Å². The lowest BCUT2D eigenvalue weighted by Gasteiger charge is -2.08. The van der Waals surface area contributed by atoms with Crippen LogP contribution in [-0.4, -0.2) is 14.3 Å². The van der Waals surface area contributed by atoms with E-state index in [0.29, 0.717) is 11.8 Å². The minimum absolute atomic E-state index is 0.231. The Balaban J connectivity index is 2.24. The molecule has 0 radical (unpaired) electrons. The summed E-state index contributed by atoms with van der Waals surface area (Å²) in [5, 5.41) is 2.47. The summed E-state index contributed by atoms with van der Waals surface area (Å²) < 4.78 is 54.8. The molecule has 0 aromatic heterocycles. The highest BCUT2D eigenvalue weighted by Crippen LogP contribution is 2.23. The topological polar surface area (TPSA) is 72.5 Å². The highest BCUT2D eigenvalue weighted by atomic mass is 32.2. The van der Waals surface area contributed by atoms with Gasteiger partial charge in [0.1, 0.15) is 10.7 Å². The molecule has 8 heteroatoms. The summed E-state index contributed by atoms with van der Waals surface area (Å²) in [4.78, 5) is 10.6. The second kappa shape index (κ2) is 6.10. The Labute approximate surface area is 125 Å². The van der Waals surface area contributed by atoms with Crippen molar-refractivity contribution in [1.82, 2.24) is 0 Å². The summed E-state index contributed by atoms with van der Waals surface area (Å²) in [7, 11) is -4.27. The Kier molecular flexibility index (Phi) is 4.41. The number of anilines is 1. The van der Waals surface area contributed by atoms with Crippen LogP contribution in [0.25, 0.3) is 0 Å². The Morgan fingerprint density at radius 1 is 1.09 bits per heavy atom. The number of nitrogens with one attached hydrogen (secondary N) is 1. The molecule has 0 bridgehead atoms. The molecule has 0 aliphatic rings. The number of amides is 1. The van der Waals surface area contributed by atoms with Crippen molar-refractivity contribution in [3.63, 3.8) is 0 Å². The van der Waals surface area contributed by atoms with Crippen LogP contribution in [0.3, 0.4) is 0 Å². The zero-order valence-corrected chi connectivity index (χ0v) is 12.2. The summed E-state index contributed by atoms with van der Waals surface area (Å²) in [6.45, 7) is 1.31. The zero-order chi connectivity index (χ0) is 16.3. The van der Waals surface area contributed by atoms with Crippen molar-refractivity contribution in [1.29, 1.82) is 0 Å². The third-order valence-electron chi connectivity index (χ3n) is 2.56. The molecule has 0 spiro atoms. The lowest BCUT2D eigenvalue weighted by Crippen LogP contribution is -2.11. The Bertz CT molecular complexity index is 804. The first-order valence-electron chi connectivity index (χ1n) is 6.05. The normalized spacial score (nSPS) is 11.0. The van der Waals surface area contributed by atoms with Crippen molar-refractivity contribution in [2.75, 3.05) is 5.32 Å². The summed E-state index contributed by atoms with van der Waals surface area (Å²) in [5.41, 5.74) is 0.402. The summed E-state index contributed by atoms with van der Waals surface area (Å²) in [5.74, 6) is -2.88. The van der Waals surface area contributed by atoms with Gasteiger partial charge in [-0.1, -0.05) is 0 Å². The maximum atomic E-state index is 13.4. The molecule has 0 aliphatic carbocycles. The molecule has 1 N–H and O–H groups in total. The van der Waals surface area contributed by atoms with Crippen molar-refractivity contribution in [3.8, 4) is 5.75 Å². The predicted molar refractivity (Wildman–Crippen MR) is 74.9 cm³/mol. The Morgan fingerprint density at radius 2 is 1.73 bits per heavy atom. The number of halogens is 2. The third-order valence-corrected chi connectivity index (χ3v) is 3.81. The monoisotopic (exact) mass is 327 g/mol. The average Bonchev–Trinajstić information content (AvgIpc) is 2.42. The molecule has 2 aromatic rings. The number of benzene rings is 2. The first-order chi connectivity index (χ1) is 10.3. The van der Waals surface area contributed by atoms with Crippen molar-refractivity contribution in [2.45, 2.75) is 11.8 Å². The zero-order valence-electron chi connectivity index (χ0n) is 11.3. The van der Waals surface area contributed by atoms with E-state index in [1.54, 1.807) is 0 Å². The Hall–Kier alpha value is -2.48. The second-order valence-corrected chi connectivity index (χ2v) is 5.86. The fourth-order valence-electron chi connectivity index (χ4n) is 1.62. The van der Waals surface area contributed by atoms with Crippen LogP contribution in [0.4, 0.5) is 14.5 Å². The molecule has 22 heavy (non-hydrogen) atoms. The van der Waals surface area contributed by atoms with Gasteiger partial charge in [0.05, 0.1) is 0 Å². The molecule has 0 aliphatic heterocycles. The van der Waals surface area contributed by atoms with Crippen molar-refractivity contribution in [2.24, 2.45) is 0 Å². The molecule has 0 unspecified atom stereocenters. The molecule has 5 nitrogen and oxygen atoms in total. The summed E-state index contributed by atoms with van der Waals surface area (Å²) in [6, 6.07) is 7.40. The summed E-state index contributed by atoms with van der Waals surface area (Å²) in [6.07, 6.45) is 0. The molecule has 2 aromatic carbocycles. The van der Waals surface area contributed by atoms with E-state index in [9.17, 15) is 22.0 Å². The van der Waals surface area contributed by atoms with Gasteiger partial charge in [-0.2, -0.15) is 8.42 Å². The Morgan fingerprint density at radius 3 is 2.27 bits per heavy atom. The van der Waals surface area contributed by atoms with E-state index in [4.69, 9.17) is 0 Å². The van der Waals surface area contributed by atoms with Crippen LogP contribution < -0.4 is 9.50 Å². The van der Waals surface area contributed by atoms with Crippen LogP contribution in [0.5, 0.6) is 5.75 Å². The molecule has 2 rings (SSSR count). The molecule has 1 amide bonds. The first kappa shape index (κ1) is 15.9. The van der Waals surface area contributed by atoms with Crippen LogP contribution in [0.1, 0.15) is 6.92 Å². The average molecular weight is 327 g/mol. The second-order valence-electron chi connectivity index (χ2n) is 4.32. The maximum absolute atomic E-state index is 13.4. The minimum Gasteiger partial charge on any atom is -0.376 e. The fraction of sp³-hybridized carbons (Fsp3) is 0.0714. The van der Waals surface area contributed by atoms with Crippen LogP contribution in [-0.2, 0) is 14.9 Å². The van der Waals surface area contributed by atoms with Crippen LogP contribution in [0.2, 0.25) is 0 Å². The molecule has 0 saturated carbocycles. The number of hydrogen-bond acceptors (Lipinski definition) is 4. The molecular weight excluding hydrogens is 316 g/mol. The van der Waals surface area contributed by atoms with Crippen LogP contribution >= 0.6 is 0 Å². The van der Waals surface area contributed by atoms with E-state index in [1.165, 1.54) is 31.2 Å². The van der Waals surface area contributed by atoms with Gasteiger partial charge in [-0.15, -0.1) is 0 Å². The predicted octanol–water partition coefficient (Wildman–Crippen LogP) is 2.69. The van der Waals surface area contributed by atoms with E-state index in [2.05, 4.69) is 9.50 Å². The number of rotatable bonds is 4. The van der Waals surface area contributed by atoms with E-state index in [0.717, 1.165) is 12.1 Å². The van der Waals surface area contributed by atoms with E-state index >= 15 is 0 Å². The third kappa shape index (κ3) is 3.79. The lowest BCUT2D eigenvalue weighted by molar-refractivity contribution is -0.114. The van der Waals surface area contributed by atoms with Gasteiger partial charge in [0, 0.05) is 18.7 Å². The SMILES string of the molecule is CC(=O)Nc1ccc(S(=O)(=O)Oc2ccc(F)cc2F)cc1. The molecule has 0 fully saturated rings. The molecule has 116 valence electrons. The van der Waals surface area contributed by atoms with Gasteiger partial charge < -0.3 is 9.50 Å². The maximum Gasteiger partial charge on any atom is 0.339 e. The molecule has 0 heterocycles. The standard InChI is InChI=1S/C14H11F2NO4S/c1-9(18)17-11-3-5-12(6-4-11)22(19,20)21-14-7-2-10(15)8-13(14)16/h2-8H,1H3,(H,17,18). The highest BCUT2D eigenvalue weighted by Gasteiger charge is 2.19. The van der Waals surface area contributed by atoms with Gasteiger partial charge in [0.15, 0.2) is 11.6 Å². The minimum atomic E-state index is -4.27. The van der Waals surface area contributed by atoms with Crippen LogP contribution in [0.15, 0.2) is 47.4 Å². The van der Waals surface area contributed by atoms with Gasteiger partial charge in [-0.25, -0.2) is 8.78 Å². The van der Waals surface area contributed by atoms with Gasteiger partial charge in [-0.05, 0) is 36.4 Å². The van der Waals surface area contributed by atoms with Crippen molar-refractivity contribution in [3.05, 3.63) is 54.1 Å². The molecule has 0 atom stereocenters. The summed E-state index contributed by atoms with van der Waals surface area (Å²) >= 11 is 0. The lowest BCUT2D eigenvalue weighted by atomic mass is 10.3. The fourth-order valence-corrected chi connectivity index (χ4v) is 2.55. The van der Waals surface area contributed by atoms with E-state index in [-0.39, 0.29) is 10.8 Å². The number of carbonyl (C=O) groups excluding carboxylic acids is 1. The number of carbonyl (C=O) groups is 1. The van der Waals surface area contributed by atoms with Crippen LogP contribution in [0, 0.1) is 11.6 Å². The van der Waals surface area contributed by atoms with Crippen molar-refractivity contribution >= 4 is 21.7 Å². The van der Waals surface area contributed by atoms with E-state index in [1.807, 2.05) is 0 Å². The first-order valence-corrected chi connectivity index (χ1v) is 7.46. The smallest absolute Gasteiger partial charge is 0.339 e. The quantitative estimate of drug-likeness (QED) is 0.876. The van der Waals surface area contributed by atoms with Gasteiger partial charge in [0.2, 0.25) is 5.91 Å². The number of hydrogen-bond donors (Lipinski definition) is 1. The highest BCUT2D eigenvalue weighted by molar-refractivity contribution is 7.87. The molecular formula is C14H11F2NO4S. The van der Waals surface area contributed by atoms with Gasteiger partial charge >= 0.3 is 10.1 Å². The van der Waals surface area contributed by atoms with Gasteiger partial charge in [-0.3, -0.25) is 4.79 Å².